The summed E-state index contributed by atoms with van der Waals surface area (Å²) in [5, 5.41) is 10.8. The quantitative estimate of drug-likeness (QED) is 0.772. The second-order valence-electron chi connectivity index (χ2n) is 3.43. The number of methoxy groups -OCH3 is 1. The Hall–Kier alpha value is -2.02. The van der Waals surface area contributed by atoms with Gasteiger partial charge in [0.05, 0.1) is 7.11 Å². The minimum Gasteiger partial charge on any atom is -0.496 e. The first-order valence-electron chi connectivity index (χ1n) is 4.99. The van der Waals surface area contributed by atoms with Crippen LogP contribution in [-0.2, 0) is 11.2 Å². The van der Waals surface area contributed by atoms with Crippen LogP contribution in [0.1, 0.15) is 11.1 Å². The van der Waals surface area contributed by atoms with E-state index < -0.39 is 5.91 Å². The van der Waals surface area contributed by atoms with Crippen LogP contribution in [-0.4, -0.2) is 19.6 Å². The fourth-order valence-electron chi connectivity index (χ4n) is 1.45. The van der Waals surface area contributed by atoms with E-state index in [1.807, 2.05) is 25.1 Å². The van der Waals surface area contributed by atoms with Gasteiger partial charge in [-0.3, -0.25) is 4.79 Å². The van der Waals surface area contributed by atoms with E-state index in [9.17, 15) is 4.79 Å². The van der Waals surface area contributed by atoms with Gasteiger partial charge in [0, 0.05) is 6.54 Å². The largest absolute Gasteiger partial charge is 0.496 e. The molecule has 4 nitrogen and oxygen atoms in total. The number of nitriles is 1. The summed E-state index contributed by atoms with van der Waals surface area (Å²) < 4.78 is 5.21. The molecule has 0 spiro atoms. The van der Waals surface area contributed by atoms with Gasteiger partial charge in [-0.1, -0.05) is 17.7 Å². The molecule has 0 aliphatic carbocycles. The molecule has 0 saturated carbocycles. The zero-order valence-electron chi connectivity index (χ0n) is 9.41. The van der Waals surface area contributed by atoms with Gasteiger partial charge in [0.25, 0.3) is 0 Å². The van der Waals surface area contributed by atoms with Crippen LogP contribution >= 0.6 is 0 Å². The van der Waals surface area contributed by atoms with Crippen LogP contribution in [0.15, 0.2) is 18.2 Å². The van der Waals surface area contributed by atoms with Gasteiger partial charge in [-0.15, -0.1) is 0 Å². The number of nitrogens with zero attached hydrogens (tertiary/aromatic N) is 1. The van der Waals surface area contributed by atoms with Crippen molar-refractivity contribution >= 4 is 5.91 Å². The third kappa shape index (κ3) is 3.28. The maximum Gasteiger partial charge on any atom is 0.322 e. The molecular weight excluding hydrogens is 204 g/mol. The van der Waals surface area contributed by atoms with Crippen molar-refractivity contribution in [3.8, 4) is 11.8 Å². The minimum absolute atomic E-state index is 0.437. The Kier molecular flexibility index (Phi) is 4.34. The van der Waals surface area contributed by atoms with Gasteiger partial charge in [0.15, 0.2) is 6.07 Å². The summed E-state index contributed by atoms with van der Waals surface area (Å²) in [6.07, 6.45) is 0.651. The molecule has 0 atom stereocenters. The summed E-state index contributed by atoms with van der Waals surface area (Å²) in [7, 11) is 1.61. The minimum atomic E-state index is -0.605. The van der Waals surface area contributed by atoms with Crippen molar-refractivity contribution in [2.45, 2.75) is 13.3 Å². The smallest absolute Gasteiger partial charge is 0.322 e. The van der Waals surface area contributed by atoms with E-state index in [4.69, 9.17) is 10.00 Å². The maximum atomic E-state index is 10.7. The highest BCUT2D eigenvalue weighted by atomic mass is 16.5. The molecule has 0 radical (unpaired) electrons. The molecule has 84 valence electrons. The molecule has 0 fully saturated rings. The fraction of sp³-hybridized carbons (Fsp3) is 0.333. The summed E-state index contributed by atoms with van der Waals surface area (Å²) in [6, 6.07) is 7.39. The zero-order chi connectivity index (χ0) is 12.0. The van der Waals surface area contributed by atoms with Crippen LogP contribution in [0.5, 0.6) is 5.75 Å². The highest BCUT2D eigenvalue weighted by molar-refractivity contribution is 5.91. The highest BCUT2D eigenvalue weighted by Gasteiger charge is 2.04. The average Bonchev–Trinajstić information content (AvgIpc) is 2.29. The van der Waals surface area contributed by atoms with Crippen molar-refractivity contribution in [3.05, 3.63) is 29.3 Å². The molecule has 1 amide bonds. The number of carbonyl (C=O) groups is 1. The van der Waals surface area contributed by atoms with E-state index >= 15 is 0 Å². The number of aryl methyl sites for hydroxylation is 1. The summed E-state index contributed by atoms with van der Waals surface area (Å²) in [6.45, 7) is 2.43. The molecule has 0 saturated heterocycles. The molecule has 1 N–H and O–H groups in total. The van der Waals surface area contributed by atoms with Crippen molar-refractivity contribution in [1.29, 1.82) is 5.26 Å². The number of hydrogen-bond acceptors (Lipinski definition) is 3. The van der Waals surface area contributed by atoms with E-state index in [1.54, 1.807) is 7.11 Å². The highest BCUT2D eigenvalue weighted by Crippen LogP contribution is 2.19. The fourth-order valence-corrected chi connectivity index (χ4v) is 1.45. The molecule has 4 heteroatoms. The van der Waals surface area contributed by atoms with Crippen molar-refractivity contribution in [2.24, 2.45) is 0 Å². The van der Waals surface area contributed by atoms with E-state index in [0.717, 1.165) is 16.9 Å². The topological polar surface area (TPSA) is 62.1 Å². The Balaban J connectivity index is 2.62. The van der Waals surface area contributed by atoms with Crippen molar-refractivity contribution in [2.75, 3.05) is 13.7 Å². The monoisotopic (exact) mass is 218 g/mol. The van der Waals surface area contributed by atoms with E-state index in [0.29, 0.717) is 13.0 Å². The van der Waals surface area contributed by atoms with Crippen LogP contribution in [0.25, 0.3) is 0 Å². The van der Waals surface area contributed by atoms with Crippen LogP contribution in [0.4, 0.5) is 0 Å². The summed E-state index contributed by atoms with van der Waals surface area (Å²) >= 11 is 0. The summed E-state index contributed by atoms with van der Waals surface area (Å²) in [5.41, 5.74) is 2.17. The Labute approximate surface area is 94.8 Å². The zero-order valence-corrected chi connectivity index (χ0v) is 9.41. The first kappa shape index (κ1) is 12.1. The second-order valence-corrected chi connectivity index (χ2v) is 3.43. The lowest BCUT2D eigenvalue weighted by Gasteiger charge is -2.09. The molecule has 0 unspecified atom stereocenters. The molecule has 0 aliphatic heterocycles. The molecule has 0 heterocycles. The number of benzene rings is 1. The Morgan fingerprint density at radius 3 is 2.94 bits per heavy atom. The van der Waals surface area contributed by atoms with Crippen LogP contribution < -0.4 is 10.1 Å². The van der Waals surface area contributed by atoms with Gasteiger partial charge in [-0.25, -0.2) is 0 Å². The van der Waals surface area contributed by atoms with Crippen molar-refractivity contribution in [1.82, 2.24) is 5.32 Å². The first-order valence-corrected chi connectivity index (χ1v) is 4.99. The van der Waals surface area contributed by atoms with Crippen molar-refractivity contribution < 1.29 is 9.53 Å². The predicted octanol–water partition coefficient (Wildman–Crippen LogP) is 1.19. The number of carbonyl (C=O) groups excluding carboxylic acids is 1. The lowest BCUT2D eigenvalue weighted by molar-refractivity contribution is -0.115. The van der Waals surface area contributed by atoms with Gasteiger partial charge in [-0.05, 0) is 25.0 Å². The average molecular weight is 218 g/mol. The lowest BCUT2D eigenvalue weighted by atomic mass is 10.1. The molecule has 0 aromatic heterocycles. The van der Waals surface area contributed by atoms with Crippen LogP contribution in [0.2, 0.25) is 0 Å². The van der Waals surface area contributed by atoms with Gasteiger partial charge >= 0.3 is 5.91 Å². The summed E-state index contributed by atoms with van der Waals surface area (Å²) in [4.78, 5) is 10.7. The third-order valence-electron chi connectivity index (χ3n) is 2.22. The first-order chi connectivity index (χ1) is 7.67. The van der Waals surface area contributed by atoms with Gasteiger partial charge in [0.2, 0.25) is 0 Å². The maximum absolute atomic E-state index is 10.7. The van der Waals surface area contributed by atoms with Gasteiger partial charge in [-0.2, -0.15) is 5.26 Å². The molecule has 1 rings (SSSR count). The normalized spacial score (nSPS) is 9.31. The molecule has 1 aromatic rings. The number of rotatable bonds is 4. The van der Waals surface area contributed by atoms with Crippen LogP contribution in [0.3, 0.4) is 0 Å². The Morgan fingerprint density at radius 1 is 1.56 bits per heavy atom. The molecule has 1 aromatic carbocycles. The molecule has 0 bridgehead atoms. The number of ether oxygens (including phenoxy) is 1. The van der Waals surface area contributed by atoms with E-state index in [-0.39, 0.29) is 0 Å². The standard InChI is InChI=1S/C12H14N2O2/c1-9-3-4-11(16-2)10(7-9)5-6-14-12(15)8-13/h3-4,7H,5-6H2,1-2H3,(H,14,15). The lowest BCUT2D eigenvalue weighted by Crippen LogP contribution is -2.23. The number of nitrogens with one attached hydrogen (secondary N) is 1. The van der Waals surface area contributed by atoms with Gasteiger partial charge in [0.1, 0.15) is 5.75 Å². The van der Waals surface area contributed by atoms with Crippen molar-refractivity contribution in [3.63, 3.8) is 0 Å². The SMILES string of the molecule is COc1ccc(C)cc1CCNC(=O)C#N. The summed E-state index contributed by atoms with van der Waals surface area (Å²) in [5.74, 6) is 0.198. The van der Waals surface area contributed by atoms with E-state index in [2.05, 4.69) is 5.32 Å². The van der Waals surface area contributed by atoms with E-state index in [1.165, 1.54) is 6.07 Å². The third-order valence-corrected chi connectivity index (χ3v) is 2.22. The number of amides is 1. The molecule has 16 heavy (non-hydrogen) atoms. The molecular formula is C12H14N2O2. The number of hydrogen-bond donors (Lipinski definition) is 1. The Morgan fingerprint density at radius 2 is 2.31 bits per heavy atom. The predicted molar refractivity (Wildman–Crippen MR) is 60.1 cm³/mol. The Bertz CT molecular complexity index is 422. The molecule has 0 aliphatic rings. The van der Waals surface area contributed by atoms with Crippen LogP contribution in [0, 0.1) is 18.3 Å². The second kappa shape index (κ2) is 5.76. The van der Waals surface area contributed by atoms with Gasteiger partial charge < -0.3 is 10.1 Å².